The van der Waals surface area contributed by atoms with Crippen molar-refractivity contribution in [2.45, 2.75) is 17.9 Å². The molecular weight excluding hydrogens is 331 g/mol. The standard InChI is InChI=1S/C15H14F3NO3S/c1-21-7-10-3-4-12(22-10)15(20)19-11-6-9(16)2-5-13(11)23-8-14(17)18/h2-6,14H,7-8H2,1H3,(H,19,20). The highest BCUT2D eigenvalue weighted by Crippen LogP contribution is 2.29. The first-order valence-electron chi connectivity index (χ1n) is 6.59. The average Bonchev–Trinajstić information content (AvgIpc) is 2.95. The number of benzene rings is 1. The van der Waals surface area contributed by atoms with Gasteiger partial charge in [-0.2, -0.15) is 0 Å². The summed E-state index contributed by atoms with van der Waals surface area (Å²) >= 11 is 0.832. The summed E-state index contributed by atoms with van der Waals surface area (Å²) in [5.41, 5.74) is 0.116. The van der Waals surface area contributed by atoms with Crippen LogP contribution >= 0.6 is 11.8 Å². The Balaban J connectivity index is 2.13. The number of amides is 1. The van der Waals surface area contributed by atoms with E-state index in [0.717, 1.165) is 23.9 Å². The summed E-state index contributed by atoms with van der Waals surface area (Å²) < 4.78 is 48.2. The molecule has 0 atom stereocenters. The van der Waals surface area contributed by atoms with Gasteiger partial charge in [-0.3, -0.25) is 4.79 Å². The van der Waals surface area contributed by atoms with Crippen LogP contribution in [-0.2, 0) is 11.3 Å². The van der Waals surface area contributed by atoms with Crippen LogP contribution in [0.5, 0.6) is 0 Å². The Morgan fingerprint density at radius 3 is 2.83 bits per heavy atom. The smallest absolute Gasteiger partial charge is 0.291 e. The summed E-state index contributed by atoms with van der Waals surface area (Å²) in [5.74, 6) is -1.15. The highest BCUT2D eigenvalue weighted by Gasteiger charge is 2.15. The van der Waals surface area contributed by atoms with Gasteiger partial charge in [0.15, 0.2) is 5.76 Å². The van der Waals surface area contributed by atoms with Gasteiger partial charge in [0.25, 0.3) is 5.91 Å². The summed E-state index contributed by atoms with van der Waals surface area (Å²) in [7, 11) is 1.49. The first-order chi connectivity index (χ1) is 11.0. The minimum absolute atomic E-state index is 0.0196. The van der Waals surface area contributed by atoms with Crippen molar-refractivity contribution >= 4 is 23.4 Å². The minimum Gasteiger partial charge on any atom is -0.453 e. The van der Waals surface area contributed by atoms with E-state index in [1.807, 2.05) is 0 Å². The first-order valence-corrected chi connectivity index (χ1v) is 7.57. The number of carbonyl (C=O) groups is 1. The normalized spacial score (nSPS) is 11.0. The van der Waals surface area contributed by atoms with Crippen LogP contribution in [0.3, 0.4) is 0 Å². The number of anilines is 1. The fourth-order valence-corrected chi connectivity index (χ4v) is 2.52. The van der Waals surface area contributed by atoms with E-state index < -0.39 is 23.9 Å². The van der Waals surface area contributed by atoms with E-state index in [1.54, 1.807) is 6.07 Å². The highest BCUT2D eigenvalue weighted by atomic mass is 32.2. The van der Waals surface area contributed by atoms with Gasteiger partial charge in [0.05, 0.1) is 11.4 Å². The van der Waals surface area contributed by atoms with Gasteiger partial charge >= 0.3 is 0 Å². The van der Waals surface area contributed by atoms with E-state index in [-0.39, 0.29) is 18.1 Å². The first kappa shape index (κ1) is 17.4. The molecule has 0 radical (unpaired) electrons. The van der Waals surface area contributed by atoms with Gasteiger partial charge in [-0.25, -0.2) is 13.2 Å². The lowest BCUT2D eigenvalue weighted by atomic mass is 10.3. The zero-order valence-electron chi connectivity index (χ0n) is 12.1. The van der Waals surface area contributed by atoms with Crippen LogP contribution in [0.2, 0.25) is 0 Å². The molecule has 2 rings (SSSR count). The summed E-state index contributed by atoms with van der Waals surface area (Å²) in [6.45, 7) is 0.211. The van der Waals surface area contributed by atoms with E-state index in [9.17, 15) is 18.0 Å². The Kier molecular flexibility index (Phi) is 6.12. The van der Waals surface area contributed by atoms with E-state index in [0.29, 0.717) is 10.7 Å². The van der Waals surface area contributed by atoms with Crippen molar-refractivity contribution in [1.29, 1.82) is 0 Å². The van der Waals surface area contributed by atoms with Crippen molar-refractivity contribution in [1.82, 2.24) is 0 Å². The lowest BCUT2D eigenvalue weighted by molar-refractivity contribution is 0.0987. The Morgan fingerprint density at radius 1 is 1.35 bits per heavy atom. The van der Waals surface area contributed by atoms with Gasteiger partial charge in [0.2, 0.25) is 6.43 Å². The van der Waals surface area contributed by atoms with Crippen LogP contribution in [0.1, 0.15) is 16.3 Å². The lowest BCUT2D eigenvalue weighted by Crippen LogP contribution is -2.12. The predicted octanol–water partition coefficient (Wildman–Crippen LogP) is 4.17. The molecule has 4 nitrogen and oxygen atoms in total. The lowest BCUT2D eigenvalue weighted by Gasteiger charge is -2.10. The van der Waals surface area contributed by atoms with Gasteiger partial charge in [0.1, 0.15) is 18.2 Å². The van der Waals surface area contributed by atoms with Gasteiger partial charge in [-0.05, 0) is 30.3 Å². The molecular formula is C15H14F3NO3S. The Labute approximate surface area is 135 Å². The van der Waals surface area contributed by atoms with Crippen molar-refractivity contribution in [3.05, 3.63) is 47.7 Å². The largest absolute Gasteiger partial charge is 0.453 e. The number of rotatable bonds is 7. The molecule has 23 heavy (non-hydrogen) atoms. The molecule has 1 aromatic carbocycles. The maximum Gasteiger partial charge on any atom is 0.291 e. The molecule has 0 bridgehead atoms. The molecule has 0 aliphatic rings. The van der Waals surface area contributed by atoms with Crippen LogP contribution in [-0.4, -0.2) is 25.2 Å². The van der Waals surface area contributed by atoms with Crippen LogP contribution in [0.4, 0.5) is 18.9 Å². The number of hydrogen-bond donors (Lipinski definition) is 1. The zero-order valence-corrected chi connectivity index (χ0v) is 13.0. The summed E-state index contributed by atoms with van der Waals surface area (Å²) in [6.07, 6.45) is -2.50. The second-order valence-electron chi connectivity index (χ2n) is 4.50. The molecule has 0 fully saturated rings. The van der Waals surface area contributed by atoms with Crippen LogP contribution in [0, 0.1) is 5.82 Å². The van der Waals surface area contributed by atoms with E-state index in [4.69, 9.17) is 9.15 Å². The second-order valence-corrected chi connectivity index (χ2v) is 5.56. The number of halogens is 3. The number of alkyl halides is 2. The van der Waals surface area contributed by atoms with Gasteiger partial charge in [-0.15, -0.1) is 11.8 Å². The number of thioether (sulfide) groups is 1. The fraction of sp³-hybridized carbons (Fsp3) is 0.267. The highest BCUT2D eigenvalue weighted by molar-refractivity contribution is 7.99. The molecule has 8 heteroatoms. The molecule has 1 heterocycles. The predicted molar refractivity (Wildman–Crippen MR) is 80.5 cm³/mol. The van der Waals surface area contributed by atoms with E-state index in [2.05, 4.69) is 5.32 Å². The summed E-state index contributed by atoms with van der Waals surface area (Å²) in [5, 5.41) is 2.47. The molecule has 1 N–H and O–H groups in total. The summed E-state index contributed by atoms with van der Waals surface area (Å²) in [6, 6.07) is 6.60. The Morgan fingerprint density at radius 2 is 2.13 bits per heavy atom. The third kappa shape index (κ3) is 5.04. The van der Waals surface area contributed by atoms with Crippen molar-refractivity contribution in [2.24, 2.45) is 0 Å². The SMILES string of the molecule is COCc1ccc(C(=O)Nc2cc(F)ccc2SCC(F)F)o1. The molecule has 124 valence electrons. The molecule has 0 aliphatic heterocycles. The molecule has 0 saturated carbocycles. The zero-order chi connectivity index (χ0) is 16.8. The van der Waals surface area contributed by atoms with Gasteiger partial charge in [0, 0.05) is 12.0 Å². The number of hydrogen-bond acceptors (Lipinski definition) is 4. The number of nitrogens with one attached hydrogen (secondary N) is 1. The minimum atomic E-state index is -2.50. The van der Waals surface area contributed by atoms with Gasteiger partial charge in [-0.1, -0.05) is 0 Å². The second kappa shape index (κ2) is 8.07. The topological polar surface area (TPSA) is 51.5 Å². The fourth-order valence-electron chi connectivity index (χ4n) is 1.78. The number of furan rings is 1. The average molecular weight is 345 g/mol. The van der Waals surface area contributed by atoms with Crippen LogP contribution in [0.25, 0.3) is 0 Å². The number of methoxy groups -OCH3 is 1. The van der Waals surface area contributed by atoms with Crippen molar-refractivity contribution < 1.29 is 27.1 Å². The van der Waals surface area contributed by atoms with Crippen LogP contribution < -0.4 is 5.32 Å². The Bertz CT molecular complexity index is 676. The monoisotopic (exact) mass is 345 g/mol. The van der Waals surface area contributed by atoms with Crippen molar-refractivity contribution in [3.63, 3.8) is 0 Å². The molecule has 1 aromatic heterocycles. The van der Waals surface area contributed by atoms with Gasteiger partial charge < -0.3 is 14.5 Å². The molecule has 2 aromatic rings. The van der Waals surface area contributed by atoms with E-state index >= 15 is 0 Å². The number of ether oxygens (including phenoxy) is 1. The Hall–Kier alpha value is -1.93. The maximum absolute atomic E-state index is 13.4. The summed E-state index contributed by atoms with van der Waals surface area (Å²) in [4.78, 5) is 12.5. The number of carbonyl (C=O) groups excluding carboxylic acids is 1. The van der Waals surface area contributed by atoms with Crippen molar-refractivity contribution in [3.8, 4) is 0 Å². The molecule has 0 spiro atoms. The van der Waals surface area contributed by atoms with E-state index in [1.165, 1.54) is 19.2 Å². The van der Waals surface area contributed by atoms with Crippen molar-refractivity contribution in [2.75, 3.05) is 18.2 Å². The molecule has 0 unspecified atom stereocenters. The molecule has 0 aliphatic carbocycles. The van der Waals surface area contributed by atoms with Crippen LogP contribution in [0.15, 0.2) is 39.6 Å². The molecule has 0 saturated heterocycles. The molecule has 1 amide bonds. The third-order valence-corrected chi connectivity index (χ3v) is 3.81. The quantitative estimate of drug-likeness (QED) is 0.765. The third-order valence-electron chi connectivity index (χ3n) is 2.73. The maximum atomic E-state index is 13.4.